The Morgan fingerprint density at radius 2 is 1.42 bits per heavy atom. The summed E-state index contributed by atoms with van der Waals surface area (Å²) in [6, 6.07) is 3.67. The summed E-state index contributed by atoms with van der Waals surface area (Å²) < 4.78 is 3.73. The number of rotatable bonds is 6. The Hall–Kier alpha value is -2.30. The summed E-state index contributed by atoms with van der Waals surface area (Å²) >= 11 is 0. The molecule has 4 rings (SSSR count). The highest BCUT2D eigenvalue weighted by Gasteiger charge is 2.40. The second kappa shape index (κ2) is 8.48. The molecule has 1 aromatic heterocycles. The monoisotopic (exact) mass is 451 g/mol. The fourth-order valence-electron chi connectivity index (χ4n) is 6.11. The minimum atomic E-state index is -0.281. The van der Waals surface area contributed by atoms with Crippen molar-refractivity contribution in [2.45, 2.75) is 97.6 Å². The highest BCUT2D eigenvalue weighted by molar-refractivity contribution is 5.96. The number of imidazole rings is 1. The minimum Gasteiger partial charge on any atom is -0.507 e. The number of carbonyl (C=O) groups excluding carboxylic acids is 1. The molecule has 5 heteroatoms. The molecule has 1 heterocycles. The third-order valence-electron chi connectivity index (χ3n) is 8.06. The second-order valence-corrected chi connectivity index (χ2v) is 12.4. The lowest BCUT2D eigenvalue weighted by atomic mass is 9.78. The van der Waals surface area contributed by atoms with Gasteiger partial charge in [0, 0.05) is 35.6 Å². The van der Waals surface area contributed by atoms with E-state index in [0.717, 1.165) is 41.8 Å². The predicted molar refractivity (Wildman–Crippen MR) is 132 cm³/mol. The van der Waals surface area contributed by atoms with E-state index in [0.29, 0.717) is 11.2 Å². The average molecular weight is 452 g/mol. The van der Waals surface area contributed by atoms with E-state index in [1.54, 1.807) is 4.57 Å². The van der Waals surface area contributed by atoms with Crippen LogP contribution in [0.5, 0.6) is 5.75 Å². The van der Waals surface area contributed by atoms with E-state index in [1.165, 1.54) is 25.7 Å². The van der Waals surface area contributed by atoms with Crippen molar-refractivity contribution in [3.8, 4) is 5.75 Å². The van der Waals surface area contributed by atoms with Crippen LogP contribution in [-0.4, -0.2) is 20.0 Å². The van der Waals surface area contributed by atoms with Gasteiger partial charge in [-0.05, 0) is 72.8 Å². The van der Waals surface area contributed by atoms with E-state index in [9.17, 15) is 9.90 Å². The first-order valence-corrected chi connectivity index (χ1v) is 12.6. The number of phenols is 1. The Morgan fingerprint density at radius 1 is 0.939 bits per heavy atom. The number of benzene rings is 1. The molecular weight excluding hydrogens is 410 g/mol. The third kappa shape index (κ3) is 4.69. The second-order valence-electron chi connectivity index (χ2n) is 12.4. The standard InChI is InChI=1S/C28H41N3O2/c1-27(2,3)22-15-20(16-23(25(22)33)28(4,5)6)24(32)17-31-14-13-30(26(31)29)12-11-21-18-7-8-19(21)10-9-18/h13-16,18-19,21,29,33H,7-12,17H2,1-6H3. The van der Waals surface area contributed by atoms with E-state index in [2.05, 4.69) is 41.5 Å². The summed E-state index contributed by atoms with van der Waals surface area (Å²) in [6.45, 7) is 13.3. The van der Waals surface area contributed by atoms with Crippen molar-refractivity contribution in [3.63, 3.8) is 0 Å². The van der Waals surface area contributed by atoms with Gasteiger partial charge < -0.3 is 14.2 Å². The van der Waals surface area contributed by atoms with Crippen LogP contribution >= 0.6 is 0 Å². The number of nitrogens with one attached hydrogen (secondary N) is 1. The molecule has 33 heavy (non-hydrogen) atoms. The van der Waals surface area contributed by atoms with Crippen LogP contribution in [0, 0.1) is 23.2 Å². The number of hydrogen-bond acceptors (Lipinski definition) is 3. The number of Topliss-reactive ketones (excluding diaryl/α,β-unsaturated/α-hetero) is 1. The normalized spacial score (nSPS) is 22.8. The maximum absolute atomic E-state index is 13.3. The van der Waals surface area contributed by atoms with Gasteiger partial charge in [-0.25, -0.2) is 0 Å². The van der Waals surface area contributed by atoms with Gasteiger partial charge in [0.15, 0.2) is 5.78 Å². The van der Waals surface area contributed by atoms with Crippen molar-refractivity contribution in [2.24, 2.45) is 17.8 Å². The molecule has 0 aliphatic heterocycles. The molecule has 2 aromatic rings. The lowest BCUT2D eigenvalue weighted by Crippen LogP contribution is -2.28. The van der Waals surface area contributed by atoms with Crippen LogP contribution in [0.4, 0.5) is 0 Å². The molecule has 2 aliphatic carbocycles. The van der Waals surface area contributed by atoms with Gasteiger partial charge >= 0.3 is 0 Å². The molecule has 2 saturated carbocycles. The lowest BCUT2D eigenvalue weighted by molar-refractivity contribution is 0.0969. The molecule has 2 fully saturated rings. The summed E-state index contributed by atoms with van der Waals surface area (Å²) in [5, 5.41) is 19.6. The molecule has 180 valence electrons. The summed E-state index contributed by atoms with van der Waals surface area (Å²) in [7, 11) is 0. The molecule has 0 saturated heterocycles. The van der Waals surface area contributed by atoms with Gasteiger partial charge in [-0.3, -0.25) is 10.2 Å². The first kappa shape index (κ1) is 23.8. The molecule has 0 unspecified atom stereocenters. The first-order valence-electron chi connectivity index (χ1n) is 12.6. The Kier molecular flexibility index (Phi) is 6.13. The number of phenolic OH excluding ortho intramolecular Hbond substituents is 1. The number of aromatic hydroxyl groups is 1. The van der Waals surface area contributed by atoms with Crippen LogP contribution in [0.3, 0.4) is 0 Å². The van der Waals surface area contributed by atoms with Crippen molar-refractivity contribution in [2.75, 3.05) is 0 Å². The number of carbonyl (C=O) groups is 1. The lowest BCUT2D eigenvalue weighted by Gasteiger charge is -2.28. The molecule has 2 bridgehead atoms. The molecular formula is C28H41N3O2. The highest BCUT2D eigenvalue weighted by atomic mass is 16.3. The van der Waals surface area contributed by atoms with Gasteiger partial charge in [-0.2, -0.15) is 0 Å². The molecule has 0 amide bonds. The van der Waals surface area contributed by atoms with Crippen molar-refractivity contribution >= 4 is 5.78 Å². The van der Waals surface area contributed by atoms with Crippen LogP contribution in [0.25, 0.3) is 0 Å². The minimum absolute atomic E-state index is 0.0314. The quantitative estimate of drug-likeness (QED) is 0.547. The Morgan fingerprint density at radius 3 is 1.91 bits per heavy atom. The first-order chi connectivity index (χ1) is 15.4. The molecule has 5 nitrogen and oxygen atoms in total. The van der Waals surface area contributed by atoms with Gasteiger partial charge in [0.05, 0.1) is 6.54 Å². The number of aryl methyl sites for hydroxylation is 1. The van der Waals surface area contributed by atoms with Crippen molar-refractivity contribution in [1.29, 1.82) is 5.41 Å². The van der Waals surface area contributed by atoms with Crippen molar-refractivity contribution in [3.05, 3.63) is 46.8 Å². The Bertz CT molecular complexity index is 1040. The van der Waals surface area contributed by atoms with E-state index < -0.39 is 0 Å². The Labute approximate surface area is 198 Å². The van der Waals surface area contributed by atoms with Gasteiger partial charge in [0.2, 0.25) is 5.62 Å². The van der Waals surface area contributed by atoms with Crippen LogP contribution in [0.15, 0.2) is 24.5 Å². The maximum Gasteiger partial charge on any atom is 0.202 e. The number of hydrogen-bond donors (Lipinski definition) is 2. The molecule has 0 radical (unpaired) electrons. The molecule has 2 aliphatic rings. The molecule has 0 spiro atoms. The Balaban J connectivity index is 1.53. The SMILES string of the molecule is CC(C)(C)c1cc(C(=O)Cn2ccn(CCC3C4CCC3CC4)c2=N)cc(C(C)(C)C)c1O. The van der Waals surface area contributed by atoms with Gasteiger partial charge in [-0.1, -0.05) is 41.5 Å². The molecule has 2 N–H and O–H groups in total. The molecule has 1 aromatic carbocycles. The van der Waals surface area contributed by atoms with Crippen molar-refractivity contribution in [1.82, 2.24) is 9.13 Å². The molecule has 0 atom stereocenters. The zero-order valence-electron chi connectivity index (χ0n) is 21.2. The number of fused-ring (bicyclic) bond motifs is 2. The average Bonchev–Trinajstić information content (AvgIpc) is 3.39. The number of nitrogens with zero attached hydrogens (tertiary/aromatic N) is 2. The summed E-state index contributed by atoms with van der Waals surface area (Å²) in [4.78, 5) is 13.3. The van der Waals surface area contributed by atoms with Crippen LogP contribution in [-0.2, 0) is 23.9 Å². The fraction of sp³-hybridized carbons (Fsp3) is 0.643. The van der Waals surface area contributed by atoms with Crippen molar-refractivity contribution < 1.29 is 9.90 Å². The van der Waals surface area contributed by atoms with Crippen LogP contribution in [0.1, 0.15) is 95.1 Å². The smallest absolute Gasteiger partial charge is 0.202 e. The number of ketones is 1. The summed E-state index contributed by atoms with van der Waals surface area (Å²) in [5.41, 5.74) is 2.01. The van der Waals surface area contributed by atoms with E-state index in [4.69, 9.17) is 5.41 Å². The van der Waals surface area contributed by atoms with Crippen LogP contribution < -0.4 is 5.62 Å². The maximum atomic E-state index is 13.3. The van der Waals surface area contributed by atoms with E-state index >= 15 is 0 Å². The van der Waals surface area contributed by atoms with E-state index in [-0.39, 0.29) is 28.9 Å². The predicted octanol–water partition coefficient (Wildman–Crippen LogP) is 5.78. The largest absolute Gasteiger partial charge is 0.507 e. The fourth-order valence-corrected chi connectivity index (χ4v) is 6.11. The number of aromatic nitrogens is 2. The van der Waals surface area contributed by atoms with Crippen LogP contribution in [0.2, 0.25) is 0 Å². The zero-order valence-corrected chi connectivity index (χ0v) is 21.2. The van der Waals surface area contributed by atoms with E-state index in [1.807, 2.05) is 29.1 Å². The van der Waals surface area contributed by atoms with Gasteiger partial charge in [-0.15, -0.1) is 0 Å². The van der Waals surface area contributed by atoms with Gasteiger partial charge in [0.25, 0.3) is 0 Å². The highest BCUT2D eigenvalue weighted by Crippen LogP contribution is 2.50. The third-order valence-corrected chi connectivity index (χ3v) is 8.06. The van der Waals surface area contributed by atoms with Gasteiger partial charge in [0.1, 0.15) is 5.75 Å². The summed E-state index contributed by atoms with van der Waals surface area (Å²) in [5.74, 6) is 2.88. The summed E-state index contributed by atoms with van der Waals surface area (Å²) in [6.07, 6.45) is 10.5. The topological polar surface area (TPSA) is 71.0 Å². The zero-order chi connectivity index (χ0) is 24.1.